The predicted octanol–water partition coefficient (Wildman–Crippen LogP) is 2.53. The maximum atomic E-state index is 11.6. The first-order valence-electron chi connectivity index (χ1n) is 5.67. The van der Waals surface area contributed by atoms with E-state index in [4.69, 9.17) is 5.11 Å². The van der Waals surface area contributed by atoms with Crippen LogP contribution in [0.1, 0.15) is 31.7 Å². The lowest BCUT2D eigenvalue weighted by atomic mass is 9.97. The van der Waals surface area contributed by atoms with Gasteiger partial charge in [-0.25, -0.2) is 0 Å². The lowest BCUT2D eigenvalue weighted by molar-refractivity contribution is -0.141. The maximum absolute atomic E-state index is 11.6. The SMILES string of the molecule is CC(CC(=O)N[C@@H](C)C(=O)O)c1ccc(Br)cc1. The summed E-state index contributed by atoms with van der Waals surface area (Å²) in [5.74, 6) is -1.22. The van der Waals surface area contributed by atoms with Crippen LogP contribution in [0.5, 0.6) is 0 Å². The van der Waals surface area contributed by atoms with Crippen LogP contribution in [0.25, 0.3) is 0 Å². The molecule has 0 bridgehead atoms. The normalized spacial score (nSPS) is 13.7. The highest BCUT2D eigenvalue weighted by atomic mass is 79.9. The monoisotopic (exact) mass is 313 g/mol. The fourth-order valence-corrected chi connectivity index (χ4v) is 1.81. The molecule has 98 valence electrons. The molecule has 1 aromatic rings. The number of hydrogen-bond donors (Lipinski definition) is 2. The average molecular weight is 314 g/mol. The van der Waals surface area contributed by atoms with Crippen LogP contribution >= 0.6 is 15.9 Å². The Labute approximate surface area is 115 Å². The number of amides is 1. The third kappa shape index (κ3) is 4.49. The van der Waals surface area contributed by atoms with Gasteiger partial charge < -0.3 is 10.4 Å². The van der Waals surface area contributed by atoms with Crippen LogP contribution in [0.3, 0.4) is 0 Å². The molecular weight excluding hydrogens is 298 g/mol. The van der Waals surface area contributed by atoms with E-state index >= 15 is 0 Å². The second kappa shape index (κ2) is 6.54. The van der Waals surface area contributed by atoms with Gasteiger partial charge in [-0.1, -0.05) is 35.0 Å². The van der Waals surface area contributed by atoms with E-state index in [1.54, 1.807) is 0 Å². The molecule has 0 radical (unpaired) electrons. The Balaban J connectivity index is 2.54. The minimum atomic E-state index is -1.03. The van der Waals surface area contributed by atoms with Crippen molar-refractivity contribution in [3.8, 4) is 0 Å². The van der Waals surface area contributed by atoms with Crippen LogP contribution < -0.4 is 5.32 Å². The topological polar surface area (TPSA) is 66.4 Å². The van der Waals surface area contributed by atoms with Gasteiger partial charge in [0.2, 0.25) is 5.91 Å². The molecule has 1 aromatic carbocycles. The van der Waals surface area contributed by atoms with Crippen LogP contribution in [0, 0.1) is 0 Å². The van der Waals surface area contributed by atoms with E-state index in [2.05, 4.69) is 21.2 Å². The second-order valence-electron chi connectivity index (χ2n) is 4.28. The number of carbonyl (C=O) groups is 2. The van der Waals surface area contributed by atoms with Crippen LogP contribution in [-0.2, 0) is 9.59 Å². The summed E-state index contributed by atoms with van der Waals surface area (Å²) in [5, 5.41) is 11.1. The van der Waals surface area contributed by atoms with E-state index in [0.717, 1.165) is 10.0 Å². The van der Waals surface area contributed by atoms with E-state index in [1.807, 2.05) is 31.2 Å². The van der Waals surface area contributed by atoms with Gasteiger partial charge in [0.05, 0.1) is 0 Å². The fourth-order valence-electron chi connectivity index (χ4n) is 1.55. The van der Waals surface area contributed by atoms with Gasteiger partial charge in [0.25, 0.3) is 0 Å². The highest BCUT2D eigenvalue weighted by Gasteiger charge is 2.16. The molecule has 0 aliphatic rings. The maximum Gasteiger partial charge on any atom is 0.325 e. The predicted molar refractivity (Wildman–Crippen MR) is 72.4 cm³/mol. The molecule has 0 aliphatic heterocycles. The first kappa shape index (κ1) is 14.7. The number of carboxylic acids is 1. The van der Waals surface area contributed by atoms with Crippen molar-refractivity contribution in [2.75, 3.05) is 0 Å². The Morgan fingerprint density at radius 3 is 2.33 bits per heavy atom. The average Bonchev–Trinajstić information content (AvgIpc) is 2.29. The highest BCUT2D eigenvalue weighted by Crippen LogP contribution is 2.21. The van der Waals surface area contributed by atoms with Gasteiger partial charge in [-0.15, -0.1) is 0 Å². The molecule has 2 atom stereocenters. The minimum Gasteiger partial charge on any atom is -0.480 e. The molecule has 5 heteroatoms. The third-order valence-electron chi connectivity index (χ3n) is 2.68. The third-order valence-corrected chi connectivity index (χ3v) is 3.21. The van der Waals surface area contributed by atoms with Gasteiger partial charge >= 0.3 is 5.97 Å². The summed E-state index contributed by atoms with van der Waals surface area (Å²) in [6, 6.07) is 6.88. The Kier molecular flexibility index (Phi) is 5.34. The standard InChI is InChI=1S/C13H16BrNO3/c1-8(10-3-5-11(14)6-4-10)7-12(16)15-9(2)13(17)18/h3-6,8-9H,7H2,1-2H3,(H,15,16)(H,17,18)/t8?,9-/m0/s1. The van der Waals surface area contributed by atoms with Crippen molar-refractivity contribution in [3.05, 3.63) is 34.3 Å². The molecule has 0 saturated carbocycles. The van der Waals surface area contributed by atoms with Gasteiger partial charge in [0.15, 0.2) is 0 Å². The molecule has 0 heterocycles. The largest absolute Gasteiger partial charge is 0.480 e. The number of aliphatic carboxylic acids is 1. The van der Waals surface area contributed by atoms with Gasteiger partial charge in [-0.3, -0.25) is 9.59 Å². The number of rotatable bonds is 5. The minimum absolute atomic E-state index is 0.0547. The van der Waals surface area contributed by atoms with Crippen molar-refractivity contribution < 1.29 is 14.7 Å². The van der Waals surface area contributed by atoms with Crippen LogP contribution in [0.4, 0.5) is 0 Å². The second-order valence-corrected chi connectivity index (χ2v) is 5.20. The zero-order valence-corrected chi connectivity index (χ0v) is 11.9. The molecule has 0 aliphatic carbocycles. The Hall–Kier alpha value is -1.36. The number of halogens is 1. The molecule has 0 spiro atoms. The summed E-state index contributed by atoms with van der Waals surface area (Å²) in [5.41, 5.74) is 1.05. The van der Waals surface area contributed by atoms with Crippen molar-refractivity contribution >= 4 is 27.8 Å². The summed E-state index contributed by atoms with van der Waals surface area (Å²) in [4.78, 5) is 22.2. The molecular formula is C13H16BrNO3. The van der Waals surface area contributed by atoms with Crippen molar-refractivity contribution in [1.82, 2.24) is 5.32 Å². The van der Waals surface area contributed by atoms with Crippen molar-refractivity contribution in [1.29, 1.82) is 0 Å². The number of carboxylic acid groups (broad SMARTS) is 1. The zero-order valence-electron chi connectivity index (χ0n) is 10.3. The van der Waals surface area contributed by atoms with Crippen molar-refractivity contribution in [2.45, 2.75) is 32.2 Å². The first-order chi connectivity index (χ1) is 8.40. The van der Waals surface area contributed by atoms with E-state index in [1.165, 1.54) is 6.92 Å². The van der Waals surface area contributed by atoms with Crippen LogP contribution in [0.15, 0.2) is 28.7 Å². The number of hydrogen-bond acceptors (Lipinski definition) is 2. The van der Waals surface area contributed by atoms with E-state index < -0.39 is 12.0 Å². The van der Waals surface area contributed by atoms with Gasteiger partial charge in [-0.05, 0) is 30.5 Å². The summed E-state index contributed by atoms with van der Waals surface area (Å²) in [6.07, 6.45) is 0.277. The molecule has 1 unspecified atom stereocenters. The number of carbonyl (C=O) groups excluding carboxylic acids is 1. The summed E-state index contributed by atoms with van der Waals surface area (Å²) < 4.78 is 0.988. The Bertz CT molecular complexity index is 430. The molecule has 0 saturated heterocycles. The number of benzene rings is 1. The first-order valence-corrected chi connectivity index (χ1v) is 6.47. The Morgan fingerprint density at radius 1 is 1.28 bits per heavy atom. The molecule has 0 fully saturated rings. The zero-order chi connectivity index (χ0) is 13.7. The molecule has 4 nitrogen and oxygen atoms in total. The van der Waals surface area contributed by atoms with Gasteiger partial charge in [-0.2, -0.15) is 0 Å². The molecule has 2 N–H and O–H groups in total. The van der Waals surface area contributed by atoms with Gasteiger partial charge in [0, 0.05) is 10.9 Å². The highest BCUT2D eigenvalue weighted by molar-refractivity contribution is 9.10. The van der Waals surface area contributed by atoms with Crippen LogP contribution in [0.2, 0.25) is 0 Å². The molecule has 1 rings (SSSR count). The summed E-state index contributed by atoms with van der Waals surface area (Å²) >= 11 is 3.35. The van der Waals surface area contributed by atoms with Crippen molar-refractivity contribution in [3.63, 3.8) is 0 Å². The number of nitrogens with one attached hydrogen (secondary N) is 1. The van der Waals surface area contributed by atoms with E-state index in [9.17, 15) is 9.59 Å². The van der Waals surface area contributed by atoms with E-state index in [-0.39, 0.29) is 18.2 Å². The molecule has 0 aromatic heterocycles. The quantitative estimate of drug-likeness (QED) is 0.878. The lowest BCUT2D eigenvalue weighted by Gasteiger charge is -2.14. The fraction of sp³-hybridized carbons (Fsp3) is 0.385. The Morgan fingerprint density at radius 2 is 1.83 bits per heavy atom. The summed E-state index contributed by atoms with van der Waals surface area (Å²) in [7, 11) is 0. The lowest BCUT2D eigenvalue weighted by Crippen LogP contribution is -2.38. The molecule has 1 amide bonds. The van der Waals surface area contributed by atoms with Crippen molar-refractivity contribution in [2.24, 2.45) is 0 Å². The summed E-state index contributed by atoms with van der Waals surface area (Å²) in [6.45, 7) is 3.39. The van der Waals surface area contributed by atoms with Crippen LogP contribution in [-0.4, -0.2) is 23.0 Å². The molecule has 18 heavy (non-hydrogen) atoms. The van der Waals surface area contributed by atoms with E-state index in [0.29, 0.717) is 0 Å². The van der Waals surface area contributed by atoms with Gasteiger partial charge in [0.1, 0.15) is 6.04 Å². The smallest absolute Gasteiger partial charge is 0.325 e.